The van der Waals surface area contributed by atoms with Crippen molar-refractivity contribution in [1.29, 1.82) is 0 Å². The van der Waals surface area contributed by atoms with E-state index in [-0.39, 0.29) is 12.1 Å². The Morgan fingerprint density at radius 3 is 2.04 bits per heavy atom. The Labute approximate surface area is 163 Å². The van der Waals surface area contributed by atoms with Gasteiger partial charge in [-0.15, -0.1) is 0 Å². The molecule has 0 N–H and O–H groups in total. The van der Waals surface area contributed by atoms with Crippen molar-refractivity contribution in [2.45, 2.75) is 19.0 Å². The zero-order valence-electron chi connectivity index (χ0n) is 14.9. The fraction of sp³-hybridized carbons (Fsp3) is 0.130. The highest BCUT2D eigenvalue weighted by molar-refractivity contribution is 6.64. The van der Waals surface area contributed by atoms with Crippen LogP contribution in [0.5, 0.6) is 0 Å². The largest absolute Gasteiger partial charge is 0.322 e. The Hall–Kier alpha value is -2.91. The number of carbonyl (C=O) groups excluding carboxylic acids is 1. The van der Waals surface area contributed by atoms with Crippen LogP contribution >= 0.6 is 11.6 Å². The normalized spacial score (nSPS) is 19.0. The molecular formula is C23H19ClN2O. The van der Waals surface area contributed by atoms with Crippen molar-refractivity contribution in [3.05, 3.63) is 107 Å². The topological polar surface area (TPSA) is 32.7 Å². The number of nitrogens with zero attached hydrogens (tertiary/aromatic N) is 2. The summed E-state index contributed by atoms with van der Waals surface area (Å²) >= 11 is 6.06. The fourth-order valence-corrected chi connectivity index (χ4v) is 3.72. The molecule has 3 nitrogen and oxygen atoms in total. The van der Waals surface area contributed by atoms with E-state index in [1.165, 1.54) is 5.56 Å². The maximum absolute atomic E-state index is 12.5. The van der Waals surface area contributed by atoms with E-state index >= 15 is 0 Å². The average molecular weight is 375 g/mol. The fourth-order valence-electron chi connectivity index (χ4n) is 3.53. The van der Waals surface area contributed by atoms with Gasteiger partial charge in [-0.1, -0.05) is 90.5 Å². The Bertz CT molecular complexity index is 968. The summed E-state index contributed by atoms with van der Waals surface area (Å²) in [6.07, 6.45) is 0. The summed E-state index contributed by atoms with van der Waals surface area (Å²) in [5.74, 6) is 0.607. The molecule has 3 aromatic carbocycles. The maximum atomic E-state index is 12.5. The van der Waals surface area contributed by atoms with Gasteiger partial charge < -0.3 is 0 Å². The molecule has 3 aromatic rings. The molecule has 27 heavy (non-hydrogen) atoms. The molecular weight excluding hydrogens is 356 g/mol. The molecule has 1 heterocycles. The van der Waals surface area contributed by atoms with Crippen molar-refractivity contribution in [3.8, 4) is 0 Å². The van der Waals surface area contributed by atoms with E-state index in [9.17, 15) is 4.79 Å². The zero-order chi connectivity index (χ0) is 18.8. The van der Waals surface area contributed by atoms with Gasteiger partial charge in [0.1, 0.15) is 11.9 Å². The molecule has 0 aliphatic carbocycles. The highest BCUT2D eigenvalue weighted by Gasteiger charge is 2.41. The molecule has 0 unspecified atom stereocenters. The summed E-state index contributed by atoms with van der Waals surface area (Å²) in [5, 5.41) is -0.527. The van der Waals surface area contributed by atoms with Crippen LogP contribution in [0.3, 0.4) is 0 Å². The van der Waals surface area contributed by atoms with Gasteiger partial charge >= 0.3 is 5.37 Å². The van der Waals surface area contributed by atoms with E-state index < -0.39 is 5.37 Å². The SMILES string of the molecule is Cc1ccc([C@@H]2N=C(c3ccccc3)N(C(=O)Cl)[C@@H]2c2ccccc2)cc1. The van der Waals surface area contributed by atoms with E-state index in [0.717, 1.165) is 16.7 Å². The van der Waals surface area contributed by atoms with Gasteiger partial charge in [-0.05, 0) is 29.7 Å². The molecule has 0 saturated heterocycles. The monoisotopic (exact) mass is 374 g/mol. The van der Waals surface area contributed by atoms with Gasteiger partial charge in [0.15, 0.2) is 0 Å². The Morgan fingerprint density at radius 1 is 0.852 bits per heavy atom. The van der Waals surface area contributed by atoms with Gasteiger partial charge in [0.25, 0.3) is 0 Å². The quantitative estimate of drug-likeness (QED) is 0.415. The lowest BCUT2D eigenvalue weighted by Gasteiger charge is -2.27. The van der Waals surface area contributed by atoms with Crippen molar-refractivity contribution in [2.24, 2.45) is 4.99 Å². The number of hydrogen-bond acceptors (Lipinski definition) is 2. The average Bonchev–Trinajstić information content (AvgIpc) is 3.11. The number of amides is 1. The standard InChI is InChI=1S/C23H19ClN2O/c1-16-12-14-17(15-13-16)20-21(18-8-4-2-5-9-18)26(23(24)27)22(25-20)19-10-6-3-7-11-19/h2-15,20-21H,1H3/t20-,21+/m0/s1. The predicted octanol–water partition coefficient (Wildman–Crippen LogP) is 5.90. The molecule has 134 valence electrons. The number of amidine groups is 1. The summed E-state index contributed by atoms with van der Waals surface area (Å²) in [4.78, 5) is 19.0. The highest BCUT2D eigenvalue weighted by Crippen LogP contribution is 2.43. The minimum Gasteiger partial charge on any atom is -0.273 e. The van der Waals surface area contributed by atoms with Gasteiger partial charge in [-0.3, -0.25) is 14.7 Å². The van der Waals surface area contributed by atoms with Gasteiger partial charge in [0, 0.05) is 5.56 Å². The van der Waals surface area contributed by atoms with Crippen molar-refractivity contribution < 1.29 is 4.79 Å². The molecule has 0 radical (unpaired) electrons. The summed E-state index contributed by atoms with van der Waals surface area (Å²) in [6.45, 7) is 2.06. The predicted molar refractivity (Wildman–Crippen MR) is 109 cm³/mol. The molecule has 0 aromatic heterocycles. The van der Waals surface area contributed by atoms with Crippen LogP contribution in [0, 0.1) is 6.92 Å². The third-order valence-corrected chi connectivity index (χ3v) is 5.03. The highest BCUT2D eigenvalue weighted by atomic mass is 35.5. The van der Waals surface area contributed by atoms with Crippen LogP contribution in [0.25, 0.3) is 0 Å². The Kier molecular flexibility index (Phi) is 4.78. The van der Waals surface area contributed by atoms with Crippen LogP contribution in [-0.4, -0.2) is 16.1 Å². The number of hydrogen-bond donors (Lipinski definition) is 0. The van der Waals surface area contributed by atoms with Gasteiger partial charge in [0.2, 0.25) is 0 Å². The van der Waals surface area contributed by atoms with E-state index in [2.05, 4.69) is 31.2 Å². The second-order valence-corrected chi connectivity index (χ2v) is 6.98. The van der Waals surface area contributed by atoms with Crippen LogP contribution in [0.4, 0.5) is 4.79 Å². The molecule has 4 heteroatoms. The number of aliphatic imine (C=N–C) groups is 1. The molecule has 0 bridgehead atoms. The van der Waals surface area contributed by atoms with E-state index in [1.54, 1.807) is 4.90 Å². The molecule has 1 aliphatic rings. The first kappa shape index (κ1) is 17.5. The summed E-state index contributed by atoms with van der Waals surface area (Å²) in [6, 6.07) is 27.4. The third-order valence-electron chi connectivity index (χ3n) is 4.85. The minimum absolute atomic E-state index is 0.217. The van der Waals surface area contributed by atoms with Gasteiger partial charge in [0.05, 0.1) is 6.04 Å². The maximum Gasteiger partial charge on any atom is 0.322 e. The lowest BCUT2D eigenvalue weighted by molar-refractivity contribution is 0.231. The van der Waals surface area contributed by atoms with Crippen molar-refractivity contribution in [1.82, 2.24) is 4.90 Å². The van der Waals surface area contributed by atoms with Crippen LogP contribution < -0.4 is 0 Å². The molecule has 2 atom stereocenters. The number of aryl methyl sites for hydroxylation is 1. The first-order chi connectivity index (χ1) is 13.1. The smallest absolute Gasteiger partial charge is 0.273 e. The van der Waals surface area contributed by atoms with Gasteiger partial charge in [-0.2, -0.15) is 0 Å². The summed E-state index contributed by atoms with van der Waals surface area (Å²) in [5.41, 5.74) is 4.13. The van der Waals surface area contributed by atoms with Crippen molar-refractivity contribution in [2.75, 3.05) is 0 Å². The number of rotatable bonds is 3. The van der Waals surface area contributed by atoms with E-state index in [0.29, 0.717) is 5.84 Å². The number of halogens is 1. The Morgan fingerprint density at radius 2 is 1.44 bits per heavy atom. The summed E-state index contributed by atoms with van der Waals surface area (Å²) in [7, 11) is 0. The van der Waals surface area contributed by atoms with Crippen LogP contribution in [0.1, 0.15) is 34.3 Å². The van der Waals surface area contributed by atoms with Crippen LogP contribution in [-0.2, 0) is 0 Å². The zero-order valence-corrected chi connectivity index (χ0v) is 15.7. The molecule has 0 spiro atoms. The minimum atomic E-state index is -0.527. The number of carbonyl (C=O) groups is 1. The molecule has 0 fully saturated rings. The molecule has 1 amide bonds. The summed E-state index contributed by atoms with van der Waals surface area (Å²) < 4.78 is 0. The molecule has 0 saturated carbocycles. The van der Waals surface area contributed by atoms with Crippen LogP contribution in [0.2, 0.25) is 0 Å². The van der Waals surface area contributed by atoms with Crippen molar-refractivity contribution in [3.63, 3.8) is 0 Å². The second-order valence-electron chi connectivity index (χ2n) is 6.65. The van der Waals surface area contributed by atoms with Crippen LogP contribution in [0.15, 0.2) is 89.9 Å². The van der Waals surface area contributed by atoms with E-state index in [1.807, 2.05) is 60.7 Å². The third kappa shape index (κ3) is 3.38. The lowest BCUT2D eigenvalue weighted by Crippen LogP contribution is -2.34. The van der Waals surface area contributed by atoms with E-state index in [4.69, 9.17) is 16.6 Å². The van der Waals surface area contributed by atoms with Crippen molar-refractivity contribution >= 4 is 22.8 Å². The first-order valence-electron chi connectivity index (χ1n) is 8.88. The Balaban J connectivity index is 1.88. The van der Waals surface area contributed by atoms with Gasteiger partial charge in [-0.25, -0.2) is 0 Å². The number of benzene rings is 3. The second kappa shape index (κ2) is 7.37. The first-order valence-corrected chi connectivity index (χ1v) is 9.26. The molecule has 4 rings (SSSR count). The molecule has 1 aliphatic heterocycles. The lowest BCUT2D eigenvalue weighted by atomic mass is 9.93.